The zero-order valence-electron chi connectivity index (χ0n) is 16.9. The first-order valence-corrected chi connectivity index (χ1v) is 12.8. The van der Waals surface area contributed by atoms with Crippen molar-refractivity contribution in [2.75, 3.05) is 6.26 Å². The number of hydrogen-bond acceptors (Lipinski definition) is 7. The summed E-state index contributed by atoms with van der Waals surface area (Å²) in [6.07, 6.45) is 3.80. The van der Waals surface area contributed by atoms with Crippen LogP contribution in [0.2, 0.25) is 0 Å². The molecule has 5 nitrogen and oxygen atoms in total. The lowest BCUT2D eigenvalue weighted by Gasteiger charge is -2.32. The molecule has 0 radical (unpaired) electrons. The van der Waals surface area contributed by atoms with Gasteiger partial charge in [-0.05, 0) is 36.8 Å². The summed E-state index contributed by atoms with van der Waals surface area (Å²) in [5.74, 6) is 0.290. The highest BCUT2D eigenvalue weighted by Gasteiger charge is 2.33. The van der Waals surface area contributed by atoms with Crippen molar-refractivity contribution in [3.05, 3.63) is 46.1 Å². The van der Waals surface area contributed by atoms with Crippen LogP contribution in [0.4, 0.5) is 4.39 Å². The van der Waals surface area contributed by atoms with E-state index in [1.807, 2.05) is 16.7 Å². The van der Waals surface area contributed by atoms with Crippen LogP contribution < -0.4 is 0 Å². The van der Waals surface area contributed by atoms with Crippen molar-refractivity contribution in [2.24, 2.45) is 0 Å². The number of benzene rings is 1. The maximum Gasteiger partial charge on any atom is 0.198 e. The van der Waals surface area contributed by atoms with Gasteiger partial charge in [0.15, 0.2) is 16.0 Å². The number of thiophene rings is 1. The predicted molar refractivity (Wildman–Crippen MR) is 121 cm³/mol. The Kier molecular flexibility index (Phi) is 5.25. The molecule has 0 amide bonds. The second kappa shape index (κ2) is 7.78. The van der Waals surface area contributed by atoms with E-state index in [9.17, 15) is 4.39 Å². The van der Waals surface area contributed by atoms with Crippen LogP contribution in [0, 0.1) is 5.82 Å². The quantitative estimate of drug-likeness (QED) is 0.280. The maximum atomic E-state index is 14.1. The fraction of sp³-hybridized carbons (Fsp3) is 0.381. The minimum Gasteiger partial charge on any atom is -0.369 e. The van der Waals surface area contributed by atoms with Gasteiger partial charge in [-0.2, -0.15) is 0 Å². The molecule has 0 N–H and O–H groups in total. The van der Waals surface area contributed by atoms with E-state index in [-0.39, 0.29) is 11.4 Å². The van der Waals surface area contributed by atoms with Crippen LogP contribution in [0.3, 0.4) is 0 Å². The molecule has 9 heteroatoms. The van der Waals surface area contributed by atoms with Crippen molar-refractivity contribution < 1.29 is 9.13 Å². The molecule has 0 saturated carbocycles. The molecule has 4 heterocycles. The van der Waals surface area contributed by atoms with Gasteiger partial charge in [-0.15, -0.1) is 21.5 Å². The summed E-state index contributed by atoms with van der Waals surface area (Å²) >= 11 is 4.74. The van der Waals surface area contributed by atoms with E-state index in [1.54, 1.807) is 35.2 Å². The first kappa shape index (κ1) is 20.2. The lowest BCUT2D eigenvalue weighted by molar-refractivity contribution is -0.0542. The summed E-state index contributed by atoms with van der Waals surface area (Å²) < 4.78 is 22.2. The maximum absolute atomic E-state index is 14.1. The summed E-state index contributed by atoms with van der Waals surface area (Å²) in [4.78, 5) is 7.14. The molecular formula is C21H21FN4OS3. The fourth-order valence-corrected chi connectivity index (χ4v) is 6.40. The molecule has 4 aromatic rings. The third-order valence-corrected chi connectivity index (χ3v) is 8.38. The Morgan fingerprint density at radius 3 is 2.87 bits per heavy atom. The Hall–Kier alpha value is -1.68. The van der Waals surface area contributed by atoms with Crippen LogP contribution in [-0.2, 0) is 23.5 Å². The Morgan fingerprint density at radius 1 is 1.27 bits per heavy atom. The highest BCUT2D eigenvalue weighted by Crippen LogP contribution is 2.42. The molecule has 0 saturated heterocycles. The molecule has 0 aliphatic carbocycles. The highest BCUT2D eigenvalue weighted by atomic mass is 32.2. The lowest BCUT2D eigenvalue weighted by Crippen LogP contribution is -2.33. The average molecular weight is 461 g/mol. The van der Waals surface area contributed by atoms with Crippen molar-refractivity contribution in [3.63, 3.8) is 0 Å². The van der Waals surface area contributed by atoms with E-state index in [4.69, 9.17) is 9.72 Å². The van der Waals surface area contributed by atoms with E-state index < -0.39 is 0 Å². The number of halogens is 1. The Bertz CT molecular complexity index is 1250. The van der Waals surface area contributed by atoms with Crippen molar-refractivity contribution in [1.29, 1.82) is 0 Å². The second-order valence-electron chi connectivity index (χ2n) is 7.57. The zero-order valence-corrected chi connectivity index (χ0v) is 19.4. The van der Waals surface area contributed by atoms with Gasteiger partial charge in [-0.1, -0.05) is 48.6 Å². The van der Waals surface area contributed by atoms with Crippen LogP contribution >= 0.6 is 34.9 Å². The summed E-state index contributed by atoms with van der Waals surface area (Å²) in [6.45, 7) is 4.94. The molecule has 156 valence electrons. The number of nitrogens with zero attached hydrogens (tertiary/aromatic N) is 4. The molecule has 1 aliphatic rings. The molecule has 1 aromatic carbocycles. The van der Waals surface area contributed by atoms with Gasteiger partial charge in [-0.3, -0.25) is 0 Å². The van der Waals surface area contributed by atoms with Gasteiger partial charge >= 0.3 is 0 Å². The van der Waals surface area contributed by atoms with Gasteiger partial charge in [0.2, 0.25) is 0 Å². The van der Waals surface area contributed by atoms with Crippen molar-refractivity contribution in [1.82, 2.24) is 19.6 Å². The molecule has 1 unspecified atom stereocenters. The van der Waals surface area contributed by atoms with E-state index in [0.717, 1.165) is 39.0 Å². The van der Waals surface area contributed by atoms with E-state index in [0.29, 0.717) is 17.9 Å². The van der Waals surface area contributed by atoms with Gasteiger partial charge in [0.1, 0.15) is 10.6 Å². The smallest absolute Gasteiger partial charge is 0.198 e. The summed E-state index contributed by atoms with van der Waals surface area (Å²) in [6, 6.07) is 6.85. The summed E-state index contributed by atoms with van der Waals surface area (Å²) in [5.41, 5.74) is 2.60. The number of thioether (sulfide) groups is 2. The second-order valence-corrected chi connectivity index (χ2v) is 10.4. The Balaban J connectivity index is 1.62. The van der Waals surface area contributed by atoms with Crippen LogP contribution in [0.1, 0.15) is 36.3 Å². The van der Waals surface area contributed by atoms with Crippen molar-refractivity contribution in [2.45, 2.75) is 55.0 Å². The minimum atomic E-state index is -0.199. The first-order valence-electron chi connectivity index (χ1n) is 9.76. The van der Waals surface area contributed by atoms with Crippen molar-refractivity contribution >= 4 is 50.7 Å². The number of ether oxygens (including phenoxy) is 1. The summed E-state index contributed by atoms with van der Waals surface area (Å²) in [5, 5.41) is 11.7. The molecular weight excluding hydrogens is 439 g/mol. The number of fused-ring (bicyclic) bond motifs is 5. The molecule has 5 rings (SSSR count). The molecule has 0 spiro atoms. The molecule has 3 aromatic heterocycles. The largest absolute Gasteiger partial charge is 0.369 e. The zero-order chi connectivity index (χ0) is 20.9. The van der Waals surface area contributed by atoms with Gasteiger partial charge in [0, 0.05) is 17.1 Å². The molecule has 1 aliphatic heterocycles. The SMILES string of the molecule is CCC1(C)Cc2c(sc3nc(SC)n4c(SCc5ccccc5F)nnc4c23)CO1. The number of aromatic nitrogens is 4. The first-order chi connectivity index (χ1) is 14.5. The Labute approximate surface area is 186 Å². The Morgan fingerprint density at radius 2 is 2.10 bits per heavy atom. The van der Waals surface area contributed by atoms with Gasteiger partial charge in [0.25, 0.3) is 0 Å². The van der Waals surface area contributed by atoms with Crippen LogP contribution in [0.5, 0.6) is 0 Å². The minimum absolute atomic E-state index is 0.168. The van der Waals surface area contributed by atoms with Crippen LogP contribution in [0.25, 0.3) is 15.9 Å². The van der Waals surface area contributed by atoms with Crippen molar-refractivity contribution in [3.8, 4) is 0 Å². The normalized spacial score (nSPS) is 18.9. The molecule has 0 bridgehead atoms. The number of rotatable bonds is 5. The van der Waals surface area contributed by atoms with E-state index >= 15 is 0 Å². The van der Waals surface area contributed by atoms with Crippen LogP contribution in [-0.4, -0.2) is 31.4 Å². The fourth-order valence-electron chi connectivity index (χ4n) is 3.73. The number of hydrogen-bond donors (Lipinski definition) is 0. The standard InChI is InChI=1S/C21H21FN4OS3/c1-4-21(2)9-13-15(10-27-21)30-18-16(13)17-24-25-20(26(17)19(23-18)28-3)29-11-12-7-5-6-8-14(12)22/h5-8H,4,9-11H2,1-3H3. The van der Waals surface area contributed by atoms with Crippen LogP contribution in [0.15, 0.2) is 34.6 Å². The third kappa shape index (κ3) is 3.32. The van der Waals surface area contributed by atoms with E-state index in [2.05, 4.69) is 24.0 Å². The monoisotopic (exact) mass is 460 g/mol. The molecule has 1 atom stereocenters. The predicted octanol–water partition coefficient (Wildman–Crippen LogP) is 5.73. The highest BCUT2D eigenvalue weighted by molar-refractivity contribution is 7.99. The average Bonchev–Trinajstić information content (AvgIpc) is 3.33. The summed E-state index contributed by atoms with van der Waals surface area (Å²) in [7, 11) is 0. The van der Waals surface area contributed by atoms with Gasteiger partial charge in [-0.25, -0.2) is 13.8 Å². The lowest BCUT2D eigenvalue weighted by atomic mass is 9.90. The van der Waals surface area contributed by atoms with E-state index in [1.165, 1.54) is 28.3 Å². The topological polar surface area (TPSA) is 52.3 Å². The van der Waals surface area contributed by atoms with Gasteiger partial charge < -0.3 is 4.74 Å². The molecule has 30 heavy (non-hydrogen) atoms. The van der Waals surface area contributed by atoms with Gasteiger partial charge in [0.05, 0.1) is 17.6 Å². The third-order valence-electron chi connectivity index (χ3n) is 5.67. The molecule has 0 fully saturated rings.